The first kappa shape index (κ1) is 11.6. The maximum atomic E-state index is 10.5. The van der Waals surface area contributed by atoms with Crippen molar-refractivity contribution in [2.45, 2.75) is 31.5 Å². The summed E-state index contributed by atoms with van der Waals surface area (Å²) < 4.78 is 5.67. The largest absolute Gasteiger partial charge is 0.386 e. The fraction of sp³-hybridized carbons (Fsp3) is 0.400. The molecule has 94 valence electrons. The number of benzene rings is 1. The minimum atomic E-state index is -0.557. The van der Waals surface area contributed by atoms with Gasteiger partial charge in [-0.1, -0.05) is 18.2 Å². The Labute approximate surface area is 106 Å². The predicted octanol–water partition coefficient (Wildman–Crippen LogP) is 2.84. The van der Waals surface area contributed by atoms with Crippen LogP contribution in [0.3, 0.4) is 0 Å². The number of nitrogens with zero attached hydrogens (tertiary/aromatic N) is 1. The number of ether oxygens (including phenoxy) is 1. The second-order valence-electron chi connectivity index (χ2n) is 4.77. The number of rotatable bonds is 2. The highest BCUT2D eigenvalue weighted by Crippen LogP contribution is 2.30. The Morgan fingerprint density at radius 1 is 1.22 bits per heavy atom. The van der Waals surface area contributed by atoms with Gasteiger partial charge in [-0.15, -0.1) is 0 Å². The van der Waals surface area contributed by atoms with Crippen molar-refractivity contribution in [2.75, 3.05) is 6.61 Å². The van der Waals surface area contributed by atoms with Crippen LogP contribution in [0.4, 0.5) is 0 Å². The first-order valence-electron chi connectivity index (χ1n) is 6.49. The zero-order chi connectivity index (χ0) is 12.4. The zero-order valence-electron chi connectivity index (χ0n) is 10.2. The molecule has 0 spiro atoms. The first-order chi connectivity index (χ1) is 8.86. The van der Waals surface area contributed by atoms with Crippen molar-refractivity contribution in [3.63, 3.8) is 0 Å². The molecule has 1 aliphatic heterocycles. The van der Waals surface area contributed by atoms with Gasteiger partial charge in [-0.2, -0.15) is 0 Å². The van der Waals surface area contributed by atoms with Crippen molar-refractivity contribution in [3.05, 3.63) is 42.1 Å². The Morgan fingerprint density at radius 2 is 2.17 bits per heavy atom. The smallest absolute Gasteiger partial charge is 0.106 e. The highest BCUT2D eigenvalue weighted by atomic mass is 16.5. The van der Waals surface area contributed by atoms with Crippen molar-refractivity contribution in [1.29, 1.82) is 0 Å². The summed E-state index contributed by atoms with van der Waals surface area (Å²) in [6.45, 7) is 0.755. The quantitative estimate of drug-likeness (QED) is 0.882. The molecule has 2 aromatic rings. The van der Waals surface area contributed by atoms with E-state index in [1.54, 1.807) is 6.20 Å². The molecule has 0 bridgehead atoms. The van der Waals surface area contributed by atoms with Crippen molar-refractivity contribution in [2.24, 2.45) is 0 Å². The number of aliphatic hydroxyl groups excluding tert-OH is 1. The molecular formula is C15H17NO2. The molecular weight excluding hydrogens is 226 g/mol. The van der Waals surface area contributed by atoms with Gasteiger partial charge in [0, 0.05) is 18.2 Å². The predicted molar refractivity (Wildman–Crippen MR) is 70.3 cm³/mol. The van der Waals surface area contributed by atoms with Crippen LogP contribution in [0.25, 0.3) is 10.9 Å². The molecule has 2 unspecified atom stereocenters. The molecule has 0 amide bonds. The molecule has 3 heteroatoms. The molecule has 0 radical (unpaired) electrons. The van der Waals surface area contributed by atoms with Gasteiger partial charge in [0.05, 0.1) is 11.6 Å². The molecule has 18 heavy (non-hydrogen) atoms. The van der Waals surface area contributed by atoms with E-state index >= 15 is 0 Å². The van der Waals surface area contributed by atoms with Gasteiger partial charge in [-0.25, -0.2) is 0 Å². The van der Waals surface area contributed by atoms with Gasteiger partial charge in [0.25, 0.3) is 0 Å². The standard InChI is InChI=1S/C15H17NO2/c17-15(14-8-1-2-10-18-14)12-5-3-7-13-11(12)6-4-9-16-13/h3-7,9,14-15,17H,1-2,8,10H2. The van der Waals surface area contributed by atoms with E-state index in [-0.39, 0.29) is 6.10 Å². The average Bonchev–Trinajstić information content (AvgIpc) is 2.47. The lowest BCUT2D eigenvalue weighted by Gasteiger charge is -2.27. The summed E-state index contributed by atoms with van der Waals surface area (Å²) in [5, 5.41) is 11.5. The van der Waals surface area contributed by atoms with Crippen LogP contribution in [0.15, 0.2) is 36.5 Å². The number of pyridine rings is 1. The fourth-order valence-corrected chi connectivity index (χ4v) is 2.60. The maximum absolute atomic E-state index is 10.5. The van der Waals surface area contributed by atoms with E-state index in [4.69, 9.17) is 4.74 Å². The van der Waals surface area contributed by atoms with E-state index in [2.05, 4.69) is 4.98 Å². The molecule has 1 aromatic carbocycles. The lowest BCUT2D eigenvalue weighted by molar-refractivity contribution is -0.0628. The Morgan fingerprint density at radius 3 is 3.00 bits per heavy atom. The van der Waals surface area contributed by atoms with Crippen LogP contribution in [-0.2, 0) is 4.74 Å². The van der Waals surface area contributed by atoms with E-state index in [1.165, 1.54) is 0 Å². The summed E-state index contributed by atoms with van der Waals surface area (Å²) >= 11 is 0. The third-order valence-corrected chi connectivity index (χ3v) is 3.57. The fourth-order valence-electron chi connectivity index (χ4n) is 2.60. The normalized spacial score (nSPS) is 21.9. The number of hydrogen-bond acceptors (Lipinski definition) is 3. The van der Waals surface area contributed by atoms with Gasteiger partial charge < -0.3 is 9.84 Å². The second-order valence-corrected chi connectivity index (χ2v) is 4.77. The number of hydrogen-bond donors (Lipinski definition) is 1. The topological polar surface area (TPSA) is 42.4 Å². The van der Waals surface area contributed by atoms with Gasteiger partial charge >= 0.3 is 0 Å². The molecule has 3 nitrogen and oxygen atoms in total. The highest BCUT2D eigenvalue weighted by molar-refractivity contribution is 5.82. The maximum Gasteiger partial charge on any atom is 0.106 e. The van der Waals surface area contributed by atoms with Gasteiger partial charge in [0.1, 0.15) is 6.10 Å². The van der Waals surface area contributed by atoms with E-state index in [9.17, 15) is 5.11 Å². The zero-order valence-corrected chi connectivity index (χ0v) is 10.2. The highest BCUT2D eigenvalue weighted by Gasteiger charge is 2.25. The summed E-state index contributed by atoms with van der Waals surface area (Å²) in [6.07, 6.45) is 4.29. The molecule has 1 saturated heterocycles. The number of aliphatic hydroxyl groups is 1. The third kappa shape index (κ3) is 2.11. The van der Waals surface area contributed by atoms with Crippen LogP contribution in [0.5, 0.6) is 0 Å². The minimum Gasteiger partial charge on any atom is -0.386 e. The first-order valence-corrected chi connectivity index (χ1v) is 6.49. The summed E-state index contributed by atoms with van der Waals surface area (Å²) in [5.41, 5.74) is 1.84. The van der Waals surface area contributed by atoms with Crippen molar-refractivity contribution in [3.8, 4) is 0 Å². The molecule has 2 atom stereocenters. The van der Waals surface area contributed by atoms with Crippen molar-refractivity contribution >= 4 is 10.9 Å². The lowest BCUT2D eigenvalue weighted by Crippen LogP contribution is -2.26. The summed E-state index contributed by atoms with van der Waals surface area (Å²) in [7, 11) is 0. The molecule has 1 aliphatic rings. The monoisotopic (exact) mass is 243 g/mol. The van der Waals surface area contributed by atoms with Gasteiger partial charge in [-0.05, 0) is 37.0 Å². The van der Waals surface area contributed by atoms with Crippen LogP contribution in [0.2, 0.25) is 0 Å². The lowest BCUT2D eigenvalue weighted by atomic mass is 9.95. The molecule has 1 N–H and O–H groups in total. The van der Waals surface area contributed by atoms with E-state index < -0.39 is 6.10 Å². The van der Waals surface area contributed by atoms with Gasteiger partial charge in [-0.3, -0.25) is 4.98 Å². The molecule has 0 aliphatic carbocycles. The van der Waals surface area contributed by atoms with Crippen LogP contribution in [0.1, 0.15) is 30.9 Å². The van der Waals surface area contributed by atoms with Crippen LogP contribution >= 0.6 is 0 Å². The molecule has 1 fully saturated rings. The average molecular weight is 243 g/mol. The Hall–Kier alpha value is -1.45. The Bertz CT molecular complexity index is 530. The van der Waals surface area contributed by atoms with Crippen LogP contribution in [0, 0.1) is 0 Å². The van der Waals surface area contributed by atoms with Crippen LogP contribution in [-0.4, -0.2) is 22.8 Å². The Kier molecular flexibility index (Phi) is 3.26. The molecule has 1 aromatic heterocycles. The minimum absolute atomic E-state index is 0.0791. The number of fused-ring (bicyclic) bond motifs is 1. The third-order valence-electron chi connectivity index (χ3n) is 3.57. The van der Waals surface area contributed by atoms with Crippen molar-refractivity contribution < 1.29 is 9.84 Å². The van der Waals surface area contributed by atoms with E-state index in [0.29, 0.717) is 0 Å². The summed E-state index contributed by atoms with van der Waals surface area (Å²) in [4.78, 5) is 4.32. The Balaban J connectivity index is 1.97. The van der Waals surface area contributed by atoms with Crippen molar-refractivity contribution in [1.82, 2.24) is 4.98 Å². The summed E-state index contributed by atoms with van der Waals surface area (Å²) in [5.74, 6) is 0. The van der Waals surface area contributed by atoms with Gasteiger partial charge in [0.15, 0.2) is 0 Å². The van der Waals surface area contributed by atoms with Gasteiger partial charge in [0.2, 0.25) is 0 Å². The molecule has 3 rings (SSSR count). The SMILES string of the molecule is OC(c1cccc2ncccc12)C1CCCCO1. The molecule has 0 saturated carbocycles. The molecule has 2 heterocycles. The second kappa shape index (κ2) is 5.04. The number of aromatic nitrogens is 1. The van der Waals surface area contributed by atoms with E-state index in [1.807, 2.05) is 30.3 Å². The van der Waals surface area contributed by atoms with E-state index in [0.717, 1.165) is 42.3 Å². The summed E-state index contributed by atoms with van der Waals surface area (Å²) in [6, 6.07) is 9.78. The van der Waals surface area contributed by atoms with Crippen LogP contribution < -0.4 is 0 Å².